The Morgan fingerprint density at radius 2 is 2.14 bits per heavy atom. The molecule has 1 aromatic carbocycles. The summed E-state index contributed by atoms with van der Waals surface area (Å²) < 4.78 is 39.9. The first-order valence-electron chi connectivity index (χ1n) is 8.73. The highest BCUT2D eigenvalue weighted by atomic mass is 35.5. The molecule has 2 heterocycles. The molecule has 0 unspecified atom stereocenters. The molecule has 29 heavy (non-hydrogen) atoms. The smallest absolute Gasteiger partial charge is 0.285 e. The lowest BCUT2D eigenvalue weighted by Gasteiger charge is -2.32. The van der Waals surface area contributed by atoms with Crippen molar-refractivity contribution in [2.45, 2.75) is 25.8 Å². The second-order valence-electron chi connectivity index (χ2n) is 6.55. The lowest BCUT2D eigenvalue weighted by Crippen LogP contribution is -2.36. The van der Waals surface area contributed by atoms with Gasteiger partial charge in [-0.15, -0.1) is 0 Å². The van der Waals surface area contributed by atoms with E-state index in [1.165, 1.54) is 12.3 Å². The van der Waals surface area contributed by atoms with Crippen LogP contribution in [-0.4, -0.2) is 23.3 Å². The van der Waals surface area contributed by atoms with Gasteiger partial charge in [-0.05, 0) is 24.6 Å². The number of benzene rings is 1. The highest BCUT2D eigenvalue weighted by Crippen LogP contribution is 2.31. The third-order valence-electron chi connectivity index (χ3n) is 4.71. The number of H-pyrrole nitrogens is 1. The van der Waals surface area contributed by atoms with Crippen molar-refractivity contribution in [3.05, 3.63) is 68.1 Å². The Balaban J connectivity index is 1.84. The molecule has 0 aliphatic carbocycles. The molecule has 0 bridgehead atoms. The molecule has 0 spiro atoms. The maximum atomic E-state index is 13.4. The van der Waals surface area contributed by atoms with Crippen molar-refractivity contribution in [2.24, 2.45) is 5.11 Å². The summed E-state index contributed by atoms with van der Waals surface area (Å²) in [5.41, 5.74) is 8.25. The van der Waals surface area contributed by atoms with Gasteiger partial charge in [0.15, 0.2) is 0 Å². The van der Waals surface area contributed by atoms with Gasteiger partial charge in [0.05, 0.1) is 18.4 Å². The van der Waals surface area contributed by atoms with Crippen LogP contribution in [0.1, 0.15) is 36.9 Å². The minimum absolute atomic E-state index is 0.0120. The van der Waals surface area contributed by atoms with E-state index in [-0.39, 0.29) is 22.7 Å². The molecular formula is C18H18ClF3N6O. The first-order chi connectivity index (χ1) is 13.8. The van der Waals surface area contributed by atoms with E-state index in [4.69, 9.17) is 17.1 Å². The van der Waals surface area contributed by atoms with Crippen molar-refractivity contribution in [1.29, 1.82) is 5.53 Å². The molecule has 154 valence electrons. The molecule has 1 aromatic heterocycles. The van der Waals surface area contributed by atoms with Crippen LogP contribution < -0.4 is 15.8 Å². The number of nitrogens with one attached hydrogen (secondary N) is 3. The Kier molecular flexibility index (Phi) is 6.21. The van der Waals surface area contributed by atoms with Gasteiger partial charge in [0, 0.05) is 30.3 Å². The van der Waals surface area contributed by atoms with Crippen molar-refractivity contribution in [2.75, 3.05) is 18.0 Å². The average Bonchev–Trinajstić information content (AvgIpc) is 2.70. The molecule has 0 saturated heterocycles. The molecule has 2 aromatic rings. The van der Waals surface area contributed by atoms with Gasteiger partial charge >= 0.3 is 0 Å². The van der Waals surface area contributed by atoms with Crippen LogP contribution in [-0.2, 0) is 0 Å². The molecule has 7 nitrogen and oxygen atoms in total. The number of hydrogen-bond donors (Lipinski definition) is 3. The van der Waals surface area contributed by atoms with Crippen LogP contribution in [0.15, 0.2) is 45.7 Å². The molecule has 3 N–H and O–H groups in total. The molecule has 0 amide bonds. The standard InChI is InChI=1S/C18H18ClF3N6O/c1-9(11-3-2-10(20)6-12(11)17(21)22)25-13-4-5-28(8-14(13)26-23)15-7-24-27-18(29)16(15)19/h2-3,6-7,9,17,23,25H,4-5,8H2,1H3,(H,27,29)/t9-/m0/s1. The zero-order valence-electron chi connectivity index (χ0n) is 15.3. The summed E-state index contributed by atoms with van der Waals surface area (Å²) in [4.78, 5) is 13.4. The van der Waals surface area contributed by atoms with Crippen molar-refractivity contribution >= 4 is 17.3 Å². The Hall–Kier alpha value is -2.88. The highest BCUT2D eigenvalue weighted by molar-refractivity contribution is 6.33. The molecule has 0 saturated carbocycles. The number of rotatable bonds is 6. The van der Waals surface area contributed by atoms with Crippen LogP contribution in [0.3, 0.4) is 0 Å². The number of alkyl halides is 2. The van der Waals surface area contributed by atoms with Gasteiger partial charge in [-0.1, -0.05) is 17.7 Å². The topological polar surface area (TPSA) is 97.2 Å². The summed E-state index contributed by atoms with van der Waals surface area (Å²) in [7, 11) is 0. The number of nitrogens with zero attached hydrogens (tertiary/aromatic N) is 3. The van der Waals surface area contributed by atoms with E-state index in [9.17, 15) is 18.0 Å². The van der Waals surface area contributed by atoms with Gasteiger partial charge in [0.1, 0.15) is 16.5 Å². The zero-order chi connectivity index (χ0) is 21.1. The Morgan fingerprint density at radius 1 is 1.38 bits per heavy atom. The molecule has 1 aliphatic rings. The van der Waals surface area contributed by atoms with Crippen LogP contribution in [0.2, 0.25) is 5.02 Å². The lowest BCUT2D eigenvalue weighted by atomic mass is 10.00. The molecule has 0 fully saturated rings. The first-order valence-corrected chi connectivity index (χ1v) is 9.11. The number of anilines is 1. The lowest BCUT2D eigenvalue weighted by molar-refractivity contribution is 0.149. The first kappa shape index (κ1) is 20.8. The Bertz CT molecular complexity index is 1010. The van der Waals surface area contributed by atoms with Crippen molar-refractivity contribution in [3.63, 3.8) is 0 Å². The van der Waals surface area contributed by atoms with Crippen LogP contribution in [0.25, 0.3) is 0 Å². The number of hydrogen-bond acceptors (Lipinski definition) is 6. The summed E-state index contributed by atoms with van der Waals surface area (Å²) in [6.07, 6.45) is -0.984. The fraction of sp³-hybridized carbons (Fsp3) is 0.333. The monoisotopic (exact) mass is 426 g/mol. The average molecular weight is 427 g/mol. The molecular weight excluding hydrogens is 409 g/mol. The number of aromatic amines is 1. The molecule has 11 heteroatoms. The van der Waals surface area contributed by atoms with E-state index >= 15 is 0 Å². The van der Waals surface area contributed by atoms with Crippen LogP contribution in [0, 0.1) is 11.3 Å². The van der Waals surface area contributed by atoms with Gasteiger partial charge in [-0.2, -0.15) is 10.2 Å². The van der Waals surface area contributed by atoms with Gasteiger partial charge in [-0.25, -0.2) is 23.8 Å². The summed E-state index contributed by atoms with van der Waals surface area (Å²) >= 11 is 6.04. The Morgan fingerprint density at radius 3 is 2.83 bits per heavy atom. The summed E-state index contributed by atoms with van der Waals surface area (Å²) in [5, 5.41) is 12.6. The van der Waals surface area contributed by atoms with Crippen molar-refractivity contribution in [3.8, 4) is 0 Å². The van der Waals surface area contributed by atoms with Gasteiger partial charge < -0.3 is 10.2 Å². The number of halogens is 4. The van der Waals surface area contributed by atoms with Crippen molar-refractivity contribution < 1.29 is 13.2 Å². The second kappa shape index (κ2) is 8.64. The predicted octanol–water partition coefficient (Wildman–Crippen LogP) is 4.30. The molecule has 1 aliphatic heterocycles. The van der Waals surface area contributed by atoms with E-state index in [0.29, 0.717) is 30.0 Å². The zero-order valence-corrected chi connectivity index (χ0v) is 16.1. The van der Waals surface area contributed by atoms with E-state index in [1.54, 1.807) is 11.8 Å². The van der Waals surface area contributed by atoms with Crippen LogP contribution >= 0.6 is 11.6 Å². The minimum atomic E-state index is -2.81. The van der Waals surface area contributed by atoms with Gasteiger partial charge in [0.25, 0.3) is 12.0 Å². The molecule has 0 radical (unpaired) electrons. The normalized spacial score (nSPS) is 15.6. The van der Waals surface area contributed by atoms with E-state index in [2.05, 4.69) is 20.6 Å². The third-order valence-corrected chi connectivity index (χ3v) is 5.08. The SMILES string of the molecule is C[C@H](NC1=C(N=N)CN(c2cn[nH]c(=O)c2Cl)CC1)c1ccc(F)cc1C(F)F. The Labute approximate surface area is 169 Å². The van der Waals surface area contributed by atoms with Gasteiger partial charge in [0.2, 0.25) is 0 Å². The molecule has 1 atom stereocenters. The largest absolute Gasteiger partial charge is 0.380 e. The highest BCUT2D eigenvalue weighted by Gasteiger charge is 2.25. The summed E-state index contributed by atoms with van der Waals surface area (Å²) in [5.74, 6) is -0.728. The van der Waals surface area contributed by atoms with E-state index < -0.39 is 23.8 Å². The van der Waals surface area contributed by atoms with Gasteiger partial charge in [-0.3, -0.25) is 4.79 Å². The summed E-state index contributed by atoms with van der Waals surface area (Å²) in [6.45, 7) is 2.32. The fourth-order valence-corrected chi connectivity index (χ4v) is 3.48. The van der Waals surface area contributed by atoms with Crippen molar-refractivity contribution in [1.82, 2.24) is 15.5 Å². The molecule has 3 rings (SSSR count). The van der Waals surface area contributed by atoms with Crippen LogP contribution in [0.5, 0.6) is 0 Å². The van der Waals surface area contributed by atoms with E-state index in [1.807, 2.05) is 0 Å². The van der Waals surface area contributed by atoms with E-state index in [0.717, 1.165) is 12.1 Å². The maximum Gasteiger partial charge on any atom is 0.285 e. The number of aromatic nitrogens is 2. The minimum Gasteiger partial charge on any atom is -0.380 e. The quantitative estimate of drug-likeness (QED) is 0.600. The third kappa shape index (κ3) is 4.42. The second-order valence-corrected chi connectivity index (χ2v) is 6.92. The predicted molar refractivity (Wildman–Crippen MR) is 102 cm³/mol. The maximum absolute atomic E-state index is 13.4. The van der Waals surface area contributed by atoms with Crippen LogP contribution in [0.4, 0.5) is 18.9 Å². The fourth-order valence-electron chi connectivity index (χ4n) is 3.27. The summed E-state index contributed by atoms with van der Waals surface area (Å²) in [6, 6.07) is 2.73.